The first kappa shape index (κ1) is 10.2. The van der Waals surface area contributed by atoms with Crippen LogP contribution < -0.4 is 10.6 Å². The van der Waals surface area contributed by atoms with Crippen LogP contribution in [0.3, 0.4) is 0 Å². The lowest BCUT2D eigenvalue weighted by atomic mass is 10.1. The van der Waals surface area contributed by atoms with Crippen LogP contribution in [-0.2, 0) is 0 Å². The van der Waals surface area contributed by atoms with Gasteiger partial charge in [-0.2, -0.15) is 0 Å². The molecule has 0 aliphatic carbocycles. The Morgan fingerprint density at radius 2 is 2.33 bits per heavy atom. The molecule has 0 saturated carbocycles. The summed E-state index contributed by atoms with van der Waals surface area (Å²) in [5, 5.41) is 0. The maximum Gasteiger partial charge on any atom is 0.152 e. The van der Waals surface area contributed by atoms with E-state index in [9.17, 15) is 4.79 Å². The van der Waals surface area contributed by atoms with Gasteiger partial charge in [0.1, 0.15) is 0 Å². The molecule has 1 fully saturated rings. The average Bonchev–Trinajstić information content (AvgIpc) is 2.65. The van der Waals surface area contributed by atoms with Crippen LogP contribution in [0.15, 0.2) is 18.2 Å². The van der Waals surface area contributed by atoms with E-state index in [0.29, 0.717) is 0 Å². The minimum atomic E-state index is 0.241. The van der Waals surface area contributed by atoms with Crippen LogP contribution in [-0.4, -0.2) is 25.4 Å². The molecule has 0 aromatic heterocycles. The minimum absolute atomic E-state index is 0.241. The number of nitrogens with two attached hydrogens (primary N) is 1. The van der Waals surface area contributed by atoms with E-state index in [1.807, 2.05) is 19.1 Å². The lowest BCUT2D eigenvalue weighted by molar-refractivity contribution is 0.112. The zero-order chi connectivity index (χ0) is 10.8. The van der Waals surface area contributed by atoms with E-state index in [-0.39, 0.29) is 6.04 Å². The number of aldehydes is 1. The van der Waals surface area contributed by atoms with Crippen LogP contribution >= 0.6 is 0 Å². The fourth-order valence-corrected chi connectivity index (χ4v) is 2.03. The molecule has 1 aromatic carbocycles. The highest BCUT2D eigenvalue weighted by atomic mass is 16.1. The van der Waals surface area contributed by atoms with Crippen LogP contribution in [0.4, 0.5) is 5.69 Å². The molecular formula is C12H16N2O. The summed E-state index contributed by atoms with van der Waals surface area (Å²) < 4.78 is 0. The summed E-state index contributed by atoms with van der Waals surface area (Å²) in [4.78, 5) is 13.1. The smallest absolute Gasteiger partial charge is 0.152 e. The highest BCUT2D eigenvalue weighted by molar-refractivity contribution is 5.85. The summed E-state index contributed by atoms with van der Waals surface area (Å²) in [5.41, 5.74) is 8.82. The van der Waals surface area contributed by atoms with E-state index in [1.165, 1.54) is 5.56 Å². The Morgan fingerprint density at radius 1 is 1.53 bits per heavy atom. The molecule has 0 amide bonds. The SMILES string of the molecule is Cc1ccc(C=O)c(N2CC[C@@H](N)C2)c1. The van der Waals surface area contributed by atoms with Crippen molar-refractivity contribution < 1.29 is 4.79 Å². The van der Waals surface area contributed by atoms with Gasteiger partial charge in [0.05, 0.1) is 0 Å². The van der Waals surface area contributed by atoms with Crippen molar-refractivity contribution in [1.82, 2.24) is 0 Å². The van der Waals surface area contributed by atoms with Crippen LogP contribution in [0, 0.1) is 6.92 Å². The minimum Gasteiger partial charge on any atom is -0.369 e. The number of aryl methyl sites for hydroxylation is 1. The van der Waals surface area contributed by atoms with Crippen molar-refractivity contribution in [3.05, 3.63) is 29.3 Å². The standard InChI is InChI=1S/C12H16N2O/c1-9-2-3-10(8-15)12(6-9)14-5-4-11(13)7-14/h2-3,6,8,11H,4-5,7,13H2,1H3/t11-/m1/s1. The first-order chi connectivity index (χ1) is 7.20. The van der Waals surface area contributed by atoms with Gasteiger partial charge >= 0.3 is 0 Å². The van der Waals surface area contributed by atoms with E-state index >= 15 is 0 Å². The zero-order valence-corrected chi connectivity index (χ0v) is 8.94. The van der Waals surface area contributed by atoms with Crippen molar-refractivity contribution in [3.8, 4) is 0 Å². The number of benzene rings is 1. The maximum absolute atomic E-state index is 10.9. The monoisotopic (exact) mass is 204 g/mol. The van der Waals surface area contributed by atoms with E-state index < -0.39 is 0 Å². The van der Waals surface area contributed by atoms with Crippen LogP contribution in [0.25, 0.3) is 0 Å². The molecular weight excluding hydrogens is 188 g/mol. The van der Waals surface area contributed by atoms with Gasteiger partial charge in [0.25, 0.3) is 0 Å². The highest BCUT2D eigenvalue weighted by Crippen LogP contribution is 2.24. The number of carbonyl (C=O) groups is 1. The predicted molar refractivity (Wildman–Crippen MR) is 61.4 cm³/mol. The highest BCUT2D eigenvalue weighted by Gasteiger charge is 2.21. The molecule has 0 bridgehead atoms. The predicted octanol–water partition coefficient (Wildman–Crippen LogP) is 1.34. The van der Waals surface area contributed by atoms with Crippen LogP contribution in [0.2, 0.25) is 0 Å². The second kappa shape index (κ2) is 4.03. The summed E-state index contributed by atoms with van der Waals surface area (Å²) in [7, 11) is 0. The third kappa shape index (κ3) is 2.02. The van der Waals surface area contributed by atoms with Gasteiger partial charge in [-0.05, 0) is 31.0 Å². The Bertz CT molecular complexity index is 376. The van der Waals surface area contributed by atoms with E-state index in [1.54, 1.807) is 0 Å². The third-order valence-electron chi connectivity index (χ3n) is 2.88. The van der Waals surface area contributed by atoms with Gasteiger partial charge in [-0.3, -0.25) is 4.79 Å². The molecule has 3 nitrogen and oxygen atoms in total. The summed E-state index contributed by atoms with van der Waals surface area (Å²) >= 11 is 0. The quantitative estimate of drug-likeness (QED) is 0.739. The van der Waals surface area contributed by atoms with Crippen molar-refractivity contribution in [2.45, 2.75) is 19.4 Å². The molecule has 2 rings (SSSR count). The summed E-state index contributed by atoms with van der Waals surface area (Å²) in [6, 6.07) is 6.14. The lowest BCUT2D eigenvalue weighted by Gasteiger charge is -2.20. The van der Waals surface area contributed by atoms with Crippen molar-refractivity contribution in [2.75, 3.05) is 18.0 Å². The molecule has 1 saturated heterocycles. The fourth-order valence-electron chi connectivity index (χ4n) is 2.03. The zero-order valence-electron chi connectivity index (χ0n) is 8.94. The van der Waals surface area contributed by atoms with Crippen molar-refractivity contribution in [2.24, 2.45) is 5.73 Å². The van der Waals surface area contributed by atoms with Gasteiger partial charge in [-0.25, -0.2) is 0 Å². The number of nitrogens with zero attached hydrogens (tertiary/aromatic N) is 1. The Kier molecular flexibility index (Phi) is 2.73. The second-order valence-corrected chi connectivity index (χ2v) is 4.17. The molecule has 0 spiro atoms. The van der Waals surface area contributed by atoms with Gasteiger partial charge in [0.2, 0.25) is 0 Å². The molecule has 0 unspecified atom stereocenters. The third-order valence-corrected chi connectivity index (χ3v) is 2.88. The van der Waals surface area contributed by atoms with Gasteiger partial charge in [-0.1, -0.05) is 6.07 Å². The van der Waals surface area contributed by atoms with Crippen molar-refractivity contribution in [3.63, 3.8) is 0 Å². The van der Waals surface area contributed by atoms with Crippen molar-refractivity contribution >= 4 is 12.0 Å². The molecule has 80 valence electrons. The number of hydrogen-bond donors (Lipinski definition) is 1. The first-order valence-electron chi connectivity index (χ1n) is 5.27. The topological polar surface area (TPSA) is 46.3 Å². The van der Waals surface area contributed by atoms with Crippen molar-refractivity contribution in [1.29, 1.82) is 0 Å². The molecule has 1 atom stereocenters. The van der Waals surface area contributed by atoms with Gasteiger partial charge in [0, 0.05) is 30.4 Å². The Labute approximate surface area is 89.9 Å². The molecule has 1 aliphatic heterocycles. The molecule has 1 aromatic rings. The van der Waals surface area contributed by atoms with Gasteiger partial charge in [-0.15, -0.1) is 0 Å². The summed E-state index contributed by atoms with van der Waals surface area (Å²) in [5.74, 6) is 0. The number of anilines is 1. The lowest BCUT2D eigenvalue weighted by Crippen LogP contribution is -2.27. The maximum atomic E-state index is 10.9. The second-order valence-electron chi connectivity index (χ2n) is 4.17. The largest absolute Gasteiger partial charge is 0.369 e. The molecule has 3 heteroatoms. The van der Waals surface area contributed by atoms with Gasteiger partial charge in [0.15, 0.2) is 6.29 Å². The number of hydrogen-bond acceptors (Lipinski definition) is 3. The van der Waals surface area contributed by atoms with E-state index in [4.69, 9.17) is 5.73 Å². The van der Waals surface area contributed by atoms with E-state index in [2.05, 4.69) is 11.0 Å². The molecule has 0 radical (unpaired) electrons. The van der Waals surface area contributed by atoms with Crippen LogP contribution in [0.1, 0.15) is 22.3 Å². The first-order valence-corrected chi connectivity index (χ1v) is 5.27. The summed E-state index contributed by atoms with van der Waals surface area (Å²) in [6.07, 6.45) is 1.92. The average molecular weight is 204 g/mol. The van der Waals surface area contributed by atoms with Gasteiger partial charge < -0.3 is 10.6 Å². The summed E-state index contributed by atoms with van der Waals surface area (Å²) in [6.45, 7) is 3.84. The fraction of sp³-hybridized carbons (Fsp3) is 0.417. The molecule has 15 heavy (non-hydrogen) atoms. The molecule has 2 N–H and O–H groups in total. The van der Waals surface area contributed by atoms with E-state index in [0.717, 1.165) is 37.0 Å². The molecule has 1 aliphatic rings. The number of rotatable bonds is 2. The Hall–Kier alpha value is -1.35. The Balaban J connectivity index is 2.33. The molecule has 1 heterocycles. The Morgan fingerprint density at radius 3 is 2.93 bits per heavy atom. The van der Waals surface area contributed by atoms with Crippen LogP contribution in [0.5, 0.6) is 0 Å². The number of carbonyl (C=O) groups excluding carboxylic acids is 1. The normalized spacial score (nSPS) is 20.7.